The summed E-state index contributed by atoms with van der Waals surface area (Å²) in [7, 11) is 4.11. The van der Waals surface area contributed by atoms with Crippen LogP contribution in [-0.4, -0.2) is 37.8 Å². The van der Waals surface area contributed by atoms with E-state index in [2.05, 4.69) is 50.4 Å². The van der Waals surface area contributed by atoms with E-state index in [0.717, 1.165) is 31.5 Å². The zero-order valence-corrected chi connectivity index (χ0v) is 16.5. The topological polar surface area (TPSA) is 15.6 Å². The predicted molar refractivity (Wildman–Crippen MR) is 107 cm³/mol. The van der Waals surface area contributed by atoms with E-state index in [1.54, 1.807) is 0 Å². The molecule has 23 heavy (non-hydrogen) atoms. The lowest BCUT2D eigenvalue weighted by Gasteiger charge is -2.15. The van der Waals surface area contributed by atoms with Gasteiger partial charge in [0.05, 0.1) is 5.71 Å². The van der Waals surface area contributed by atoms with Crippen molar-refractivity contribution in [1.82, 2.24) is 4.90 Å². The van der Waals surface area contributed by atoms with E-state index in [1.807, 2.05) is 7.05 Å². The largest absolute Gasteiger partial charge is 0.306 e. The molecule has 0 aromatic heterocycles. The van der Waals surface area contributed by atoms with Gasteiger partial charge in [-0.1, -0.05) is 59.1 Å². The molecule has 0 aliphatic heterocycles. The molecule has 0 fully saturated rings. The maximum absolute atomic E-state index is 4.54. The van der Waals surface area contributed by atoms with Crippen molar-refractivity contribution < 1.29 is 0 Å². The molecule has 2 heteroatoms. The second kappa shape index (κ2) is 14.7. The normalized spacial score (nSPS) is 13.0. The van der Waals surface area contributed by atoms with Crippen molar-refractivity contribution in [2.75, 3.05) is 27.2 Å². The van der Waals surface area contributed by atoms with E-state index < -0.39 is 0 Å². The van der Waals surface area contributed by atoms with Crippen LogP contribution in [0.4, 0.5) is 0 Å². The van der Waals surface area contributed by atoms with E-state index >= 15 is 0 Å². The number of unbranched alkanes of at least 4 members (excludes halogenated alkanes) is 4. The minimum Gasteiger partial charge on any atom is -0.306 e. The summed E-state index contributed by atoms with van der Waals surface area (Å²) >= 11 is 0. The van der Waals surface area contributed by atoms with Gasteiger partial charge in [0.25, 0.3) is 0 Å². The average molecular weight is 321 g/mol. The Bertz CT molecular complexity index is 366. The first-order valence-corrected chi connectivity index (χ1v) is 9.63. The maximum Gasteiger partial charge on any atom is 0.0625 e. The van der Waals surface area contributed by atoms with E-state index in [9.17, 15) is 0 Å². The molecule has 0 saturated carbocycles. The molecular formula is C21H40N2. The Morgan fingerprint density at radius 1 is 1.00 bits per heavy atom. The van der Waals surface area contributed by atoms with Crippen LogP contribution in [0, 0.1) is 0 Å². The Morgan fingerprint density at radius 3 is 2.26 bits per heavy atom. The molecule has 0 spiro atoms. The molecule has 0 aliphatic rings. The molecule has 0 aromatic carbocycles. The van der Waals surface area contributed by atoms with Crippen LogP contribution >= 0.6 is 0 Å². The summed E-state index contributed by atoms with van der Waals surface area (Å²) in [5, 5.41) is 0. The zero-order valence-electron chi connectivity index (χ0n) is 16.5. The third kappa shape index (κ3) is 10.5. The van der Waals surface area contributed by atoms with Crippen molar-refractivity contribution in [2.45, 2.75) is 78.6 Å². The number of aliphatic imine (C=N–C) groups is 1. The maximum atomic E-state index is 4.54. The van der Waals surface area contributed by atoms with Gasteiger partial charge < -0.3 is 4.90 Å². The molecule has 0 N–H and O–H groups in total. The van der Waals surface area contributed by atoms with Crippen molar-refractivity contribution in [1.29, 1.82) is 0 Å². The Labute approximate surface area is 145 Å². The second-order valence-corrected chi connectivity index (χ2v) is 6.51. The van der Waals surface area contributed by atoms with Crippen LogP contribution in [0.25, 0.3) is 0 Å². The van der Waals surface area contributed by atoms with E-state index in [1.165, 1.54) is 56.2 Å². The standard InChI is InChI=1S/C21H40N2/c1-7-10-11-12-13-15-19(4)21(22-5)20(9-3)16-14-18-23(6)17-8-2/h16H,4,7-15,17-18H2,1-3,5-6H3/b20-16+,22-21?. The van der Waals surface area contributed by atoms with Crippen LogP contribution in [0.15, 0.2) is 28.8 Å². The Hall–Kier alpha value is -0.890. The lowest BCUT2D eigenvalue weighted by molar-refractivity contribution is 0.341. The van der Waals surface area contributed by atoms with Gasteiger partial charge in [-0.2, -0.15) is 0 Å². The predicted octanol–water partition coefficient (Wildman–Crippen LogP) is 6.04. The Balaban J connectivity index is 4.43. The highest BCUT2D eigenvalue weighted by Gasteiger charge is 2.09. The number of allylic oxidation sites excluding steroid dienone is 2. The fourth-order valence-corrected chi connectivity index (χ4v) is 2.95. The van der Waals surface area contributed by atoms with Gasteiger partial charge in [-0.15, -0.1) is 0 Å². The molecule has 0 aromatic rings. The second-order valence-electron chi connectivity index (χ2n) is 6.51. The van der Waals surface area contributed by atoms with Gasteiger partial charge in [0.1, 0.15) is 0 Å². The Morgan fingerprint density at radius 2 is 1.70 bits per heavy atom. The first-order chi connectivity index (χ1) is 11.1. The zero-order chi connectivity index (χ0) is 17.5. The van der Waals surface area contributed by atoms with Crippen LogP contribution < -0.4 is 0 Å². The highest BCUT2D eigenvalue weighted by molar-refractivity contribution is 6.11. The van der Waals surface area contributed by atoms with Crippen LogP contribution in [0.5, 0.6) is 0 Å². The number of hydrogen-bond acceptors (Lipinski definition) is 2. The third-order valence-corrected chi connectivity index (χ3v) is 4.33. The van der Waals surface area contributed by atoms with Gasteiger partial charge in [0.15, 0.2) is 0 Å². The molecule has 0 unspecified atom stereocenters. The summed E-state index contributed by atoms with van der Waals surface area (Å²) in [5.41, 5.74) is 3.75. The summed E-state index contributed by atoms with van der Waals surface area (Å²) < 4.78 is 0. The molecule has 0 amide bonds. The molecule has 0 rings (SSSR count). The molecule has 0 radical (unpaired) electrons. The van der Waals surface area contributed by atoms with Gasteiger partial charge in [-0.25, -0.2) is 0 Å². The van der Waals surface area contributed by atoms with Crippen molar-refractivity contribution in [2.24, 2.45) is 4.99 Å². The molecule has 134 valence electrons. The van der Waals surface area contributed by atoms with E-state index in [0.29, 0.717) is 0 Å². The number of rotatable bonds is 14. The van der Waals surface area contributed by atoms with Crippen LogP contribution in [-0.2, 0) is 0 Å². The lowest BCUT2D eigenvalue weighted by atomic mass is 9.96. The van der Waals surface area contributed by atoms with Crippen molar-refractivity contribution in [3.63, 3.8) is 0 Å². The minimum absolute atomic E-state index is 1.04. The fraction of sp³-hybridized carbons (Fsp3) is 0.762. The highest BCUT2D eigenvalue weighted by atomic mass is 15.1. The van der Waals surface area contributed by atoms with Gasteiger partial charge >= 0.3 is 0 Å². The lowest BCUT2D eigenvalue weighted by Crippen LogP contribution is -2.20. The summed E-state index contributed by atoms with van der Waals surface area (Å²) in [6.45, 7) is 13.3. The molecule has 0 aliphatic carbocycles. The SMILES string of the molecule is C=C(CCCCCCC)C(=NC)/C(=C/CCN(C)CCC)CC. The first kappa shape index (κ1) is 22.1. The van der Waals surface area contributed by atoms with E-state index in [4.69, 9.17) is 0 Å². The molecule has 0 atom stereocenters. The summed E-state index contributed by atoms with van der Waals surface area (Å²) in [6.07, 6.45) is 13.4. The van der Waals surface area contributed by atoms with Gasteiger partial charge in [0.2, 0.25) is 0 Å². The molecule has 2 nitrogen and oxygen atoms in total. The molecule has 0 saturated heterocycles. The molecule has 0 bridgehead atoms. The van der Waals surface area contributed by atoms with Crippen LogP contribution in [0.1, 0.15) is 78.6 Å². The highest BCUT2D eigenvalue weighted by Crippen LogP contribution is 2.17. The van der Waals surface area contributed by atoms with Gasteiger partial charge in [-0.3, -0.25) is 4.99 Å². The fourth-order valence-electron chi connectivity index (χ4n) is 2.95. The minimum atomic E-state index is 1.04. The number of hydrogen-bond donors (Lipinski definition) is 0. The van der Waals surface area contributed by atoms with Gasteiger partial charge in [-0.05, 0) is 56.8 Å². The van der Waals surface area contributed by atoms with Crippen molar-refractivity contribution in [3.8, 4) is 0 Å². The third-order valence-electron chi connectivity index (χ3n) is 4.33. The van der Waals surface area contributed by atoms with Crippen LogP contribution in [0.3, 0.4) is 0 Å². The van der Waals surface area contributed by atoms with Crippen LogP contribution in [0.2, 0.25) is 0 Å². The monoisotopic (exact) mass is 320 g/mol. The summed E-state index contributed by atoms with van der Waals surface area (Å²) in [5.74, 6) is 0. The van der Waals surface area contributed by atoms with Gasteiger partial charge in [0, 0.05) is 13.6 Å². The summed E-state index contributed by atoms with van der Waals surface area (Å²) in [4.78, 5) is 6.94. The smallest absolute Gasteiger partial charge is 0.0625 e. The summed E-state index contributed by atoms with van der Waals surface area (Å²) in [6, 6.07) is 0. The van der Waals surface area contributed by atoms with E-state index in [-0.39, 0.29) is 0 Å². The molecular weight excluding hydrogens is 280 g/mol. The average Bonchev–Trinajstić information content (AvgIpc) is 2.54. The number of nitrogens with zero attached hydrogens (tertiary/aromatic N) is 2. The first-order valence-electron chi connectivity index (χ1n) is 9.63. The quantitative estimate of drug-likeness (QED) is 0.281. The van der Waals surface area contributed by atoms with Crippen molar-refractivity contribution >= 4 is 5.71 Å². The van der Waals surface area contributed by atoms with Crippen molar-refractivity contribution in [3.05, 3.63) is 23.8 Å². The Kier molecular flexibility index (Phi) is 14.1. The molecule has 0 heterocycles.